The highest BCUT2D eigenvalue weighted by atomic mass is 16.5. The number of hydrogen-bond acceptors (Lipinski definition) is 4. The summed E-state index contributed by atoms with van der Waals surface area (Å²) in [4.78, 5) is 11.6. The Bertz CT molecular complexity index is 424. The first kappa shape index (κ1) is 14.7. The number of esters is 1. The summed E-state index contributed by atoms with van der Waals surface area (Å²) in [6, 6.07) is -0.283. The maximum Gasteiger partial charge on any atom is 0.323 e. The van der Waals surface area contributed by atoms with E-state index < -0.39 is 0 Å². The molecule has 102 valence electrons. The van der Waals surface area contributed by atoms with Gasteiger partial charge < -0.3 is 4.74 Å². The van der Waals surface area contributed by atoms with E-state index in [0.717, 1.165) is 17.0 Å². The van der Waals surface area contributed by atoms with Crippen molar-refractivity contribution in [2.24, 2.45) is 13.0 Å². The second-order valence-electron chi connectivity index (χ2n) is 4.90. The summed E-state index contributed by atoms with van der Waals surface area (Å²) in [5, 5.41) is 7.61. The number of hydrogen-bond donors (Lipinski definition) is 1. The summed E-state index contributed by atoms with van der Waals surface area (Å²) in [7, 11) is 3.34. The van der Waals surface area contributed by atoms with E-state index in [1.165, 1.54) is 7.11 Å². The second kappa shape index (κ2) is 6.00. The molecule has 0 saturated carbocycles. The number of nitrogens with one attached hydrogen (secondary N) is 1. The summed E-state index contributed by atoms with van der Waals surface area (Å²) in [6.07, 6.45) is 0. The SMILES string of the molecule is COC(=O)[C@@H](NCc1c(C)nn(C)c1C)C(C)C. The van der Waals surface area contributed by atoms with Gasteiger partial charge in [0.25, 0.3) is 0 Å². The van der Waals surface area contributed by atoms with Crippen molar-refractivity contribution in [3.8, 4) is 0 Å². The molecule has 1 atom stereocenters. The number of nitrogens with zero attached hydrogens (tertiary/aromatic N) is 2. The molecule has 5 nitrogen and oxygen atoms in total. The number of methoxy groups -OCH3 is 1. The fraction of sp³-hybridized carbons (Fsp3) is 0.692. The van der Waals surface area contributed by atoms with Crippen LogP contribution in [0.3, 0.4) is 0 Å². The van der Waals surface area contributed by atoms with Crippen LogP contribution in [0.15, 0.2) is 0 Å². The normalized spacial score (nSPS) is 12.8. The summed E-state index contributed by atoms with van der Waals surface area (Å²) in [6.45, 7) is 8.63. The Labute approximate surface area is 109 Å². The van der Waals surface area contributed by atoms with Gasteiger partial charge in [0.2, 0.25) is 0 Å². The van der Waals surface area contributed by atoms with E-state index in [9.17, 15) is 4.79 Å². The van der Waals surface area contributed by atoms with Gasteiger partial charge in [-0.25, -0.2) is 0 Å². The molecule has 1 rings (SSSR count). The zero-order valence-corrected chi connectivity index (χ0v) is 12.1. The first-order chi connectivity index (χ1) is 8.38. The zero-order chi connectivity index (χ0) is 13.9. The molecule has 0 bridgehead atoms. The molecule has 1 aromatic rings. The molecule has 0 saturated heterocycles. The van der Waals surface area contributed by atoms with E-state index in [-0.39, 0.29) is 17.9 Å². The standard InChI is InChI=1S/C13H23N3O2/c1-8(2)12(13(17)18-6)14-7-11-9(3)15-16(5)10(11)4/h8,12,14H,7H2,1-6H3/t12-/m0/s1. The molecular weight excluding hydrogens is 230 g/mol. The smallest absolute Gasteiger partial charge is 0.323 e. The average Bonchev–Trinajstić information content (AvgIpc) is 2.54. The minimum Gasteiger partial charge on any atom is -0.468 e. The molecule has 0 aliphatic rings. The van der Waals surface area contributed by atoms with Gasteiger partial charge in [0.1, 0.15) is 6.04 Å². The molecule has 0 aliphatic heterocycles. The average molecular weight is 253 g/mol. The van der Waals surface area contributed by atoms with Gasteiger partial charge in [0, 0.05) is 24.8 Å². The quantitative estimate of drug-likeness (QED) is 0.804. The van der Waals surface area contributed by atoms with Crippen LogP contribution in [0.1, 0.15) is 30.8 Å². The van der Waals surface area contributed by atoms with Crippen LogP contribution in [0.25, 0.3) is 0 Å². The number of aromatic nitrogens is 2. The molecule has 1 N–H and O–H groups in total. The van der Waals surface area contributed by atoms with Crippen LogP contribution in [0.5, 0.6) is 0 Å². The number of rotatable bonds is 5. The van der Waals surface area contributed by atoms with Crippen LogP contribution in [-0.2, 0) is 23.1 Å². The van der Waals surface area contributed by atoms with E-state index >= 15 is 0 Å². The first-order valence-electron chi connectivity index (χ1n) is 6.18. The Morgan fingerprint density at radius 3 is 2.44 bits per heavy atom. The van der Waals surface area contributed by atoms with E-state index in [1.54, 1.807) is 0 Å². The summed E-state index contributed by atoms with van der Waals surface area (Å²) in [5.74, 6) is -0.0288. The Hall–Kier alpha value is -1.36. The zero-order valence-electron chi connectivity index (χ0n) is 12.1. The monoisotopic (exact) mass is 253 g/mol. The first-order valence-corrected chi connectivity index (χ1v) is 6.18. The van der Waals surface area contributed by atoms with Crippen molar-refractivity contribution in [1.82, 2.24) is 15.1 Å². The van der Waals surface area contributed by atoms with Crippen LogP contribution in [-0.4, -0.2) is 28.9 Å². The van der Waals surface area contributed by atoms with Gasteiger partial charge in [-0.2, -0.15) is 5.10 Å². The molecule has 18 heavy (non-hydrogen) atoms. The van der Waals surface area contributed by atoms with Crippen LogP contribution in [0.4, 0.5) is 0 Å². The number of carbonyl (C=O) groups excluding carboxylic acids is 1. The maximum atomic E-state index is 11.6. The lowest BCUT2D eigenvalue weighted by Gasteiger charge is -2.19. The minimum absolute atomic E-state index is 0.190. The van der Waals surface area contributed by atoms with Gasteiger partial charge in [0.05, 0.1) is 12.8 Å². The van der Waals surface area contributed by atoms with E-state index in [4.69, 9.17) is 4.74 Å². The summed E-state index contributed by atoms with van der Waals surface area (Å²) < 4.78 is 6.66. The fourth-order valence-corrected chi connectivity index (χ4v) is 2.00. The summed E-state index contributed by atoms with van der Waals surface area (Å²) in [5.41, 5.74) is 3.26. The van der Waals surface area contributed by atoms with Crippen molar-refractivity contribution in [3.05, 3.63) is 17.0 Å². The van der Waals surface area contributed by atoms with Crippen LogP contribution >= 0.6 is 0 Å². The van der Waals surface area contributed by atoms with Crippen LogP contribution < -0.4 is 5.32 Å². The highest BCUT2D eigenvalue weighted by Gasteiger charge is 2.23. The lowest BCUT2D eigenvalue weighted by molar-refractivity contribution is -0.144. The van der Waals surface area contributed by atoms with Crippen molar-refractivity contribution in [1.29, 1.82) is 0 Å². The van der Waals surface area contributed by atoms with Gasteiger partial charge in [-0.1, -0.05) is 13.8 Å². The molecule has 5 heteroatoms. The van der Waals surface area contributed by atoms with E-state index in [0.29, 0.717) is 6.54 Å². The molecule has 0 spiro atoms. The third-order valence-corrected chi connectivity index (χ3v) is 3.28. The Morgan fingerprint density at radius 1 is 1.44 bits per heavy atom. The number of aryl methyl sites for hydroxylation is 2. The topological polar surface area (TPSA) is 56.1 Å². The lowest BCUT2D eigenvalue weighted by atomic mass is 10.0. The molecule has 0 unspecified atom stereocenters. The Balaban J connectivity index is 2.76. The van der Waals surface area contributed by atoms with Gasteiger partial charge in [-0.3, -0.25) is 14.8 Å². The van der Waals surface area contributed by atoms with Gasteiger partial charge >= 0.3 is 5.97 Å². The third kappa shape index (κ3) is 3.10. The second-order valence-corrected chi connectivity index (χ2v) is 4.90. The van der Waals surface area contributed by atoms with Crippen molar-refractivity contribution in [2.45, 2.75) is 40.3 Å². The van der Waals surface area contributed by atoms with Gasteiger partial charge in [-0.15, -0.1) is 0 Å². The van der Waals surface area contributed by atoms with Gasteiger partial charge in [-0.05, 0) is 19.8 Å². The fourth-order valence-electron chi connectivity index (χ4n) is 2.00. The molecule has 0 aromatic carbocycles. The van der Waals surface area contributed by atoms with Crippen molar-refractivity contribution >= 4 is 5.97 Å². The predicted molar refractivity (Wildman–Crippen MR) is 70.2 cm³/mol. The Morgan fingerprint density at radius 2 is 2.06 bits per heavy atom. The van der Waals surface area contributed by atoms with Gasteiger partial charge in [0.15, 0.2) is 0 Å². The largest absolute Gasteiger partial charge is 0.468 e. The molecule has 0 radical (unpaired) electrons. The highest BCUT2D eigenvalue weighted by Crippen LogP contribution is 2.13. The van der Waals surface area contributed by atoms with E-state index in [1.807, 2.05) is 39.4 Å². The maximum absolute atomic E-state index is 11.6. The Kier molecular flexibility index (Phi) is 4.90. The highest BCUT2D eigenvalue weighted by molar-refractivity contribution is 5.75. The molecule has 1 heterocycles. The van der Waals surface area contributed by atoms with Crippen LogP contribution in [0, 0.1) is 19.8 Å². The summed E-state index contributed by atoms with van der Waals surface area (Å²) >= 11 is 0. The molecule has 0 aliphatic carbocycles. The lowest BCUT2D eigenvalue weighted by Crippen LogP contribution is -2.41. The van der Waals surface area contributed by atoms with Crippen molar-refractivity contribution in [2.75, 3.05) is 7.11 Å². The third-order valence-electron chi connectivity index (χ3n) is 3.28. The molecular formula is C13H23N3O2. The minimum atomic E-state index is -0.283. The number of ether oxygens (including phenoxy) is 1. The van der Waals surface area contributed by atoms with Crippen LogP contribution in [0.2, 0.25) is 0 Å². The van der Waals surface area contributed by atoms with Crippen molar-refractivity contribution < 1.29 is 9.53 Å². The molecule has 0 fully saturated rings. The van der Waals surface area contributed by atoms with E-state index in [2.05, 4.69) is 10.4 Å². The number of carbonyl (C=O) groups is 1. The van der Waals surface area contributed by atoms with Crippen molar-refractivity contribution in [3.63, 3.8) is 0 Å². The molecule has 1 aromatic heterocycles. The molecule has 0 amide bonds. The predicted octanol–water partition coefficient (Wildman–Crippen LogP) is 1.32.